The summed E-state index contributed by atoms with van der Waals surface area (Å²) in [6.45, 7) is 1.57. The maximum atomic E-state index is 10.4. The largest absolute Gasteiger partial charge is 0.481 e. The van der Waals surface area contributed by atoms with E-state index >= 15 is 0 Å². The van der Waals surface area contributed by atoms with Crippen LogP contribution < -0.4 is 0 Å². The summed E-state index contributed by atoms with van der Waals surface area (Å²) in [4.78, 5) is 10.4. The van der Waals surface area contributed by atoms with Gasteiger partial charge in [0.15, 0.2) is 0 Å². The summed E-state index contributed by atoms with van der Waals surface area (Å²) in [6.07, 6.45) is 0.0598. The Labute approximate surface area is 93.3 Å². The maximum Gasteiger partial charge on any atom is 0.303 e. The van der Waals surface area contributed by atoms with E-state index in [1.54, 1.807) is 31.2 Å². The number of halogens is 1. The topological polar surface area (TPSA) is 57.5 Å². The van der Waals surface area contributed by atoms with E-state index in [0.29, 0.717) is 10.6 Å². The van der Waals surface area contributed by atoms with Gasteiger partial charge in [0.1, 0.15) is 0 Å². The summed E-state index contributed by atoms with van der Waals surface area (Å²) < 4.78 is 0. The number of benzene rings is 1. The van der Waals surface area contributed by atoms with Crippen molar-refractivity contribution in [3.05, 3.63) is 34.9 Å². The fraction of sp³-hybridized carbons (Fsp3) is 0.364. The van der Waals surface area contributed by atoms with E-state index in [9.17, 15) is 9.90 Å². The molecule has 1 aromatic rings. The highest BCUT2D eigenvalue weighted by Gasteiger charge is 2.25. The minimum atomic E-state index is -1.20. The smallest absolute Gasteiger partial charge is 0.303 e. The fourth-order valence-corrected chi connectivity index (χ4v) is 1.72. The van der Waals surface area contributed by atoms with Crippen LogP contribution >= 0.6 is 11.6 Å². The van der Waals surface area contributed by atoms with Gasteiger partial charge in [-0.25, -0.2) is 0 Å². The molecule has 15 heavy (non-hydrogen) atoms. The van der Waals surface area contributed by atoms with Gasteiger partial charge in [-0.1, -0.05) is 29.8 Å². The van der Waals surface area contributed by atoms with E-state index in [0.717, 1.165) is 0 Å². The molecule has 0 saturated carbocycles. The summed E-state index contributed by atoms with van der Waals surface area (Å²) in [5, 5.41) is 19.1. The van der Waals surface area contributed by atoms with Crippen molar-refractivity contribution >= 4 is 17.6 Å². The van der Waals surface area contributed by atoms with Crippen LogP contribution in [0.4, 0.5) is 0 Å². The van der Waals surface area contributed by atoms with E-state index in [1.807, 2.05) is 0 Å². The van der Waals surface area contributed by atoms with Crippen molar-refractivity contribution in [1.29, 1.82) is 0 Å². The third kappa shape index (κ3) is 3.22. The van der Waals surface area contributed by atoms with Crippen LogP contribution in [0.5, 0.6) is 0 Å². The molecule has 1 rings (SSSR count). The molecule has 1 unspecified atom stereocenters. The Morgan fingerprint density at radius 2 is 2.07 bits per heavy atom. The molecular weight excluding hydrogens is 216 g/mol. The molecule has 3 nitrogen and oxygen atoms in total. The van der Waals surface area contributed by atoms with Gasteiger partial charge in [-0.05, 0) is 19.4 Å². The fourth-order valence-electron chi connectivity index (χ4n) is 1.38. The monoisotopic (exact) mass is 228 g/mol. The van der Waals surface area contributed by atoms with Crippen LogP contribution in [0.25, 0.3) is 0 Å². The molecule has 0 bridgehead atoms. The minimum absolute atomic E-state index is 0.0851. The van der Waals surface area contributed by atoms with Crippen molar-refractivity contribution in [2.75, 3.05) is 0 Å². The number of rotatable bonds is 4. The van der Waals surface area contributed by atoms with E-state index in [1.165, 1.54) is 0 Å². The zero-order valence-corrected chi connectivity index (χ0v) is 9.16. The van der Waals surface area contributed by atoms with Gasteiger partial charge >= 0.3 is 5.97 Å². The van der Waals surface area contributed by atoms with E-state index < -0.39 is 11.6 Å². The minimum Gasteiger partial charge on any atom is -0.481 e. The average Bonchev–Trinajstić information content (AvgIpc) is 2.15. The Morgan fingerprint density at radius 1 is 1.47 bits per heavy atom. The molecule has 0 heterocycles. The molecule has 0 fully saturated rings. The summed E-state index contributed by atoms with van der Waals surface area (Å²) in [5.41, 5.74) is -0.635. The van der Waals surface area contributed by atoms with Crippen LogP contribution in [0.2, 0.25) is 5.02 Å². The highest BCUT2D eigenvalue weighted by Crippen LogP contribution is 2.31. The van der Waals surface area contributed by atoms with Crippen LogP contribution in [0.3, 0.4) is 0 Å². The Hall–Kier alpha value is -1.06. The molecule has 4 heteroatoms. The van der Waals surface area contributed by atoms with Crippen molar-refractivity contribution in [2.24, 2.45) is 0 Å². The first-order valence-corrected chi connectivity index (χ1v) is 5.00. The number of aliphatic hydroxyl groups is 1. The number of carbonyl (C=O) groups is 1. The number of hydrogen-bond acceptors (Lipinski definition) is 2. The SMILES string of the molecule is CC(O)(CCC(=O)O)c1ccccc1Cl. The number of carboxylic acids is 1. The Morgan fingerprint density at radius 3 is 2.60 bits per heavy atom. The molecule has 1 aromatic carbocycles. The number of aliphatic carboxylic acids is 1. The molecular formula is C11H13ClO3. The van der Waals surface area contributed by atoms with Gasteiger partial charge in [0.05, 0.1) is 5.60 Å². The summed E-state index contributed by atoms with van der Waals surface area (Å²) >= 11 is 5.92. The van der Waals surface area contributed by atoms with Crippen molar-refractivity contribution in [2.45, 2.75) is 25.4 Å². The quantitative estimate of drug-likeness (QED) is 0.832. The van der Waals surface area contributed by atoms with Gasteiger partial charge in [-0.2, -0.15) is 0 Å². The first-order valence-electron chi connectivity index (χ1n) is 4.62. The highest BCUT2D eigenvalue weighted by atomic mass is 35.5. The predicted molar refractivity (Wildman–Crippen MR) is 57.9 cm³/mol. The normalized spacial score (nSPS) is 14.6. The Balaban J connectivity index is 2.85. The van der Waals surface area contributed by atoms with Crippen LogP contribution in [-0.2, 0) is 10.4 Å². The van der Waals surface area contributed by atoms with Crippen molar-refractivity contribution in [3.63, 3.8) is 0 Å². The average molecular weight is 229 g/mol. The lowest BCUT2D eigenvalue weighted by atomic mass is 9.91. The second kappa shape index (κ2) is 4.64. The van der Waals surface area contributed by atoms with Crippen molar-refractivity contribution in [3.8, 4) is 0 Å². The zero-order valence-electron chi connectivity index (χ0n) is 8.40. The van der Waals surface area contributed by atoms with Gasteiger partial charge in [-0.15, -0.1) is 0 Å². The summed E-state index contributed by atoms with van der Waals surface area (Å²) in [5.74, 6) is -0.928. The molecule has 1 atom stereocenters. The lowest BCUT2D eigenvalue weighted by Crippen LogP contribution is -2.22. The molecule has 0 saturated heterocycles. The molecule has 82 valence electrons. The van der Waals surface area contributed by atoms with E-state index in [4.69, 9.17) is 16.7 Å². The first-order chi connectivity index (χ1) is 6.93. The molecule has 0 aliphatic heterocycles. The van der Waals surface area contributed by atoms with Crippen molar-refractivity contribution in [1.82, 2.24) is 0 Å². The molecule has 0 spiro atoms. The van der Waals surface area contributed by atoms with Gasteiger partial charge in [0.25, 0.3) is 0 Å². The van der Waals surface area contributed by atoms with Gasteiger partial charge in [0, 0.05) is 17.0 Å². The highest BCUT2D eigenvalue weighted by molar-refractivity contribution is 6.31. The molecule has 0 aliphatic carbocycles. The predicted octanol–water partition coefficient (Wildman–Crippen LogP) is 2.41. The van der Waals surface area contributed by atoms with Crippen molar-refractivity contribution < 1.29 is 15.0 Å². The summed E-state index contributed by atoms with van der Waals surface area (Å²) in [6, 6.07) is 6.89. The second-order valence-corrected chi connectivity index (χ2v) is 4.05. The maximum absolute atomic E-state index is 10.4. The lowest BCUT2D eigenvalue weighted by Gasteiger charge is -2.24. The van der Waals surface area contributed by atoms with Gasteiger partial charge in [-0.3, -0.25) is 4.79 Å². The van der Waals surface area contributed by atoms with E-state index in [2.05, 4.69) is 0 Å². The number of hydrogen-bond donors (Lipinski definition) is 2. The van der Waals surface area contributed by atoms with Crippen LogP contribution in [-0.4, -0.2) is 16.2 Å². The third-order valence-corrected chi connectivity index (χ3v) is 2.61. The standard InChI is InChI=1S/C11H13ClO3/c1-11(15,7-6-10(13)14)8-4-2-3-5-9(8)12/h2-5,15H,6-7H2,1H3,(H,13,14). The van der Waals surface area contributed by atoms with Gasteiger partial charge in [0.2, 0.25) is 0 Å². The molecule has 0 amide bonds. The molecule has 0 aromatic heterocycles. The zero-order chi connectivity index (χ0) is 11.5. The molecule has 0 radical (unpaired) electrons. The van der Waals surface area contributed by atoms with E-state index in [-0.39, 0.29) is 12.8 Å². The van der Waals surface area contributed by atoms with Gasteiger partial charge < -0.3 is 10.2 Å². The number of carboxylic acid groups (broad SMARTS) is 1. The Kier molecular flexibility index (Phi) is 3.72. The first kappa shape index (κ1) is 12.0. The molecule has 0 aliphatic rings. The Bertz CT molecular complexity index is 361. The van der Waals surface area contributed by atoms with Crippen LogP contribution in [0, 0.1) is 0 Å². The van der Waals surface area contributed by atoms with Crippen LogP contribution in [0.15, 0.2) is 24.3 Å². The summed E-state index contributed by atoms with van der Waals surface area (Å²) in [7, 11) is 0. The molecule has 2 N–H and O–H groups in total. The third-order valence-electron chi connectivity index (χ3n) is 2.28. The second-order valence-electron chi connectivity index (χ2n) is 3.65. The van der Waals surface area contributed by atoms with Crippen LogP contribution in [0.1, 0.15) is 25.3 Å². The lowest BCUT2D eigenvalue weighted by molar-refractivity contribution is -0.138.